The summed E-state index contributed by atoms with van der Waals surface area (Å²) in [6.07, 6.45) is 3.12. The van der Waals surface area contributed by atoms with E-state index in [2.05, 4.69) is 44.5 Å². The summed E-state index contributed by atoms with van der Waals surface area (Å²) in [7, 11) is 0. The quantitative estimate of drug-likeness (QED) is 0.781. The molecule has 0 aromatic carbocycles. The molecule has 3 unspecified atom stereocenters. The fourth-order valence-corrected chi connectivity index (χ4v) is 5.57. The molecule has 4 aliphatic rings. The number of pyridine rings is 1. The van der Waals surface area contributed by atoms with Crippen molar-refractivity contribution in [2.75, 3.05) is 23.7 Å². The summed E-state index contributed by atoms with van der Waals surface area (Å²) in [6.45, 7) is 4.36. The maximum Gasteiger partial charge on any atom is 0.125 e. The first-order valence-electron chi connectivity index (χ1n) is 8.16. The number of aromatic nitrogens is 3. The number of nitrogen functional groups attached to an aromatic ring is 1. The summed E-state index contributed by atoms with van der Waals surface area (Å²) in [5.74, 6) is 0.957. The van der Waals surface area contributed by atoms with Gasteiger partial charge in [0.25, 0.3) is 0 Å². The monoisotopic (exact) mass is 328 g/mol. The van der Waals surface area contributed by atoms with E-state index in [-0.39, 0.29) is 0 Å². The van der Waals surface area contributed by atoms with Crippen molar-refractivity contribution in [2.45, 2.75) is 41.5 Å². The Bertz CT molecular complexity index is 729. The van der Waals surface area contributed by atoms with Gasteiger partial charge >= 0.3 is 0 Å². The molecule has 23 heavy (non-hydrogen) atoms. The molecule has 4 atom stereocenters. The number of hydrogen-bond donors (Lipinski definition) is 3. The lowest BCUT2D eigenvalue weighted by Gasteiger charge is -2.49. The molecule has 6 heterocycles. The van der Waals surface area contributed by atoms with Crippen LogP contribution >= 0.6 is 11.8 Å². The molecule has 0 aliphatic carbocycles. The molecule has 0 saturated carbocycles. The van der Waals surface area contributed by atoms with Crippen LogP contribution in [0.15, 0.2) is 23.2 Å². The zero-order valence-corrected chi connectivity index (χ0v) is 13.8. The van der Waals surface area contributed by atoms with Crippen molar-refractivity contribution < 1.29 is 0 Å². The van der Waals surface area contributed by atoms with Crippen LogP contribution in [-0.4, -0.2) is 40.4 Å². The van der Waals surface area contributed by atoms with Crippen molar-refractivity contribution in [1.29, 1.82) is 0 Å². The van der Waals surface area contributed by atoms with Crippen LogP contribution in [0.3, 0.4) is 0 Å². The van der Waals surface area contributed by atoms with Gasteiger partial charge in [-0.25, -0.2) is 4.98 Å². The number of fused-ring (bicyclic) bond motifs is 3. The van der Waals surface area contributed by atoms with E-state index in [1.165, 1.54) is 17.0 Å². The number of nitrogens with zero attached hydrogens (tertiary/aromatic N) is 3. The minimum atomic E-state index is 0.329. The minimum Gasteiger partial charge on any atom is -0.384 e. The molecular formula is C16H20N6S. The van der Waals surface area contributed by atoms with E-state index in [1.807, 2.05) is 18.0 Å². The highest BCUT2D eigenvalue weighted by molar-refractivity contribution is 8.00. The van der Waals surface area contributed by atoms with E-state index < -0.39 is 0 Å². The number of thioether (sulfide) groups is 1. The van der Waals surface area contributed by atoms with Gasteiger partial charge in [0.05, 0.1) is 21.5 Å². The molecule has 4 aliphatic heterocycles. The van der Waals surface area contributed by atoms with Gasteiger partial charge in [-0.05, 0) is 12.5 Å². The van der Waals surface area contributed by atoms with Crippen LogP contribution < -0.4 is 16.0 Å². The topological polar surface area (TPSA) is 82.9 Å². The van der Waals surface area contributed by atoms with E-state index in [4.69, 9.17) is 5.73 Å². The van der Waals surface area contributed by atoms with Gasteiger partial charge in [-0.15, -0.1) is 11.8 Å². The Kier molecular flexibility index (Phi) is 2.90. The summed E-state index contributed by atoms with van der Waals surface area (Å²) in [5.41, 5.74) is 9.69. The van der Waals surface area contributed by atoms with E-state index in [0.29, 0.717) is 29.1 Å². The number of nitrogens with one attached hydrogen (secondary N) is 2. The van der Waals surface area contributed by atoms with Crippen LogP contribution in [0, 0.1) is 0 Å². The van der Waals surface area contributed by atoms with Gasteiger partial charge in [-0.1, -0.05) is 6.92 Å². The Hall–Kier alpha value is -1.73. The zero-order chi connectivity index (χ0) is 15.6. The molecule has 2 bridgehead atoms. The molecule has 6 rings (SSSR count). The average molecular weight is 328 g/mol. The number of hydrogen-bond acceptors (Lipinski definition) is 6. The third kappa shape index (κ3) is 2.06. The second-order valence-electron chi connectivity index (χ2n) is 6.82. The maximum absolute atomic E-state index is 6.13. The normalized spacial score (nSPS) is 31.8. The summed E-state index contributed by atoms with van der Waals surface area (Å²) >= 11 is 1.90. The van der Waals surface area contributed by atoms with Gasteiger partial charge in [0.15, 0.2) is 0 Å². The van der Waals surface area contributed by atoms with Gasteiger partial charge in [-0.2, -0.15) is 5.10 Å². The predicted molar refractivity (Wildman–Crippen MR) is 91.8 cm³/mol. The average Bonchev–Trinajstić information content (AvgIpc) is 3.15. The van der Waals surface area contributed by atoms with Crippen LogP contribution in [0.1, 0.15) is 35.9 Å². The molecule has 0 amide bonds. The summed E-state index contributed by atoms with van der Waals surface area (Å²) in [5, 5.41) is 11.2. The van der Waals surface area contributed by atoms with E-state index in [1.54, 1.807) is 0 Å². The van der Waals surface area contributed by atoms with Gasteiger partial charge in [-0.3, -0.25) is 5.10 Å². The van der Waals surface area contributed by atoms with Crippen molar-refractivity contribution in [3.05, 3.63) is 29.7 Å². The molecule has 6 nitrogen and oxygen atoms in total. The van der Waals surface area contributed by atoms with Gasteiger partial charge < -0.3 is 16.0 Å². The molecule has 2 aromatic heterocycles. The van der Waals surface area contributed by atoms with Crippen molar-refractivity contribution in [2.24, 2.45) is 0 Å². The third-order valence-corrected chi connectivity index (χ3v) is 6.79. The smallest absolute Gasteiger partial charge is 0.125 e. The Labute approximate surface area is 139 Å². The lowest BCUT2D eigenvalue weighted by molar-refractivity contribution is 0.225. The maximum atomic E-state index is 6.13. The number of anilines is 2. The highest BCUT2D eigenvalue weighted by Crippen LogP contribution is 2.56. The molecule has 2 aromatic rings. The standard InChI is InChI=1S/C16H20N6S/c1-8-14-16(23-15(8)11-2-3-18-21-11)12(5-13(17)20-14)22-6-9-4-10(7-22)19-9/h2-3,5,8-10,15,19H,4,6-7H2,1H3,(H2,17,20)(H,18,21)/t8-,9?,10?,15?/m0/s1. The SMILES string of the molecule is C[C@H]1c2nc(N)cc(N3CC4CC(C3)N4)c2SC1c1ccn[nH]1. The fourth-order valence-electron chi connectivity index (χ4n) is 4.06. The molecule has 0 radical (unpaired) electrons. The molecule has 0 spiro atoms. The highest BCUT2D eigenvalue weighted by atomic mass is 32.2. The molecule has 7 heteroatoms. The van der Waals surface area contributed by atoms with E-state index in [9.17, 15) is 0 Å². The Morgan fingerprint density at radius 3 is 2.83 bits per heavy atom. The van der Waals surface area contributed by atoms with Crippen molar-refractivity contribution in [1.82, 2.24) is 20.5 Å². The summed E-state index contributed by atoms with van der Waals surface area (Å²) in [6, 6.07) is 5.37. The Morgan fingerprint density at radius 2 is 2.13 bits per heavy atom. The van der Waals surface area contributed by atoms with Crippen LogP contribution in [0.25, 0.3) is 0 Å². The zero-order valence-electron chi connectivity index (χ0n) is 13.0. The molecular weight excluding hydrogens is 308 g/mol. The Morgan fingerprint density at radius 1 is 1.35 bits per heavy atom. The first-order chi connectivity index (χ1) is 11.2. The van der Waals surface area contributed by atoms with E-state index >= 15 is 0 Å². The number of H-pyrrole nitrogens is 1. The third-order valence-electron chi connectivity index (χ3n) is 5.22. The second-order valence-corrected chi connectivity index (χ2v) is 7.97. The van der Waals surface area contributed by atoms with Gasteiger partial charge in [0.2, 0.25) is 0 Å². The van der Waals surface area contributed by atoms with Crippen LogP contribution in [0.2, 0.25) is 0 Å². The van der Waals surface area contributed by atoms with Crippen molar-refractivity contribution in [3.63, 3.8) is 0 Å². The highest BCUT2D eigenvalue weighted by Gasteiger charge is 2.40. The molecule has 4 N–H and O–H groups in total. The van der Waals surface area contributed by atoms with E-state index in [0.717, 1.165) is 24.5 Å². The molecule has 3 fully saturated rings. The van der Waals surface area contributed by atoms with Crippen molar-refractivity contribution >= 4 is 23.3 Å². The van der Waals surface area contributed by atoms with Gasteiger partial charge in [0, 0.05) is 49.0 Å². The molecule has 3 saturated heterocycles. The number of piperidine rings is 1. The predicted octanol–water partition coefficient (Wildman–Crippen LogP) is 1.89. The summed E-state index contributed by atoms with van der Waals surface area (Å²) < 4.78 is 0. The van der Waals surface area contributed by atoms with Gasteiger partial charge in [0.1, 0.15) is 5.82 Å². The number of nitrogens with two attached hydrogens (primary N) is 1. The van der Waals surface area contributed by atoms with Crippen LogP contribution in [-0.2, 0) is 0 Å². The number of piperazine rings is 1. The number of rotatable bonds is 2. The lowest BCUT2D eigenvalue weighted by atomic mass is 9.91. The molecule has 120 valence electrons. The van der Waals surface area contributed by atoms with Crippen molar-refractivity contribution in [3.8, 4) is 0 Å². The first-order valence-corrected chi connectivity index (χ1v) is 9.04. The number of aromatic amines is 1. The summed E-state index contributed by atoms with van der Waals surface area (Å²) in [4.78, 5) is 8.45. The minimum absolute atomic E-state index is 0.329. The first kappa shape index (κ1) is 13.7. The fraction of sp³-hybridized carbons (Fsp3) is 0.500. The lowest BCUT2D eigenvalue weighted by Crippen LogP contribution is -2.67. The van der Waals surface area contributed by atoms with Crippen LogP contribution in [0.4, 0.5) is 11.5 Å². The Balaban J connectivity index is 1.54. The second kappa shape index (κ2) is 4.88. The largest absolute Gasteiger partial charge is 0.384 e. The van der Waals surface area contributed by atoms with Crippen LogP contribution in [0.5, 0.6) is 0 Å².